The molecule has 0 unspecified atom stereocenters. The van der Waals surface area contributed by atoms with E-state index in [0.29, 0.717) is 70.2 Å². The lowest BCUT2D eigenvalue weighted by molar-refractivity contribution is -0.157. The van der Waals surface area contributed by atoms with Crippen LogP contribution in [0.5, 0.6) is 40.2 Å². The third-order valence-electron chi connectivity index (χ3n) is 14.5. The highest BCUT2D eigenvalue weighted by molar-refractivity contribution is 7.99. The van der Waals surface area contributed by atoms with Crippen LogP contribution in [-0.4, -0.2) is 103 Å². The minimum absolute atomic E-state index is 0.0224. The largest absolute Gasteiger partial charge is 0.504 e. The monoisotopic (exact) mass is 925 g/mol. The first kappa shape index (κ1) is 43.0. The maximum atomic E-state index is 15.2. The number of hydrogen-bond donors (Lipinski definition) is 2. The van der Waals surface area contributed by atoms with Crippen LogP contribution in [-0.2, 0) is 32.7 Å². The number of phenolic OH excluding ortho intramolecular Hbond substituents is 1. The van der Waals surface area contributed by atoms with Crippen molar-refractivity contribution in [1.82, 2.24) is 20.1 Å². The van der Waals surface area contributed by atoms with Crippen LogP contribution in [0.1, 0.15) is 79.3 Å². The number of thioether (sulfide) groups is 1. The van der Waals surface area contributed by atoms with Crippen LogP contribution in [0.2, 0.25) is 0 Å². The van der Waals surface area contributed by atoms with Crippen LogP contribution >= 0.6 is 11.8 Å². The Labute approximate surface area is 390 Å². The number of nitrogens with one attached hydrogen (secondary N) is 1. The zero-order chi connectivity index (χ0) is 46.6. The van der Waals surface area contributed by atoms with Crippen LogP contribution in [0.3, 0.4) is 0 Å². The molecule has 12 rings (SSSR count). The topological polar surface area (TPSA) is 191 Å². The molecule has 4 bridgehead atoms. The number of fused-ring (bicyclic) bond motifs is 10. The maximum Gasteiger partial charge on any atom is 0.362 e. The van der Waals surface area contributed by atoms with Crippen molar-refractivity contribution in [3.05, 3.63) is 105 Å². The van der Waals surface area contributed by atoms with E-state index in [1.807, 2.05) is 51.2 Å². The molecule has 2 N–H and O–H groups in total. The molecule has 0 aliphatic carbocycles. The van der Waals surface area contributed by atoms with E-state index in [4.69, 9.17) is 33.2 Å². The first-order valence-corrected chi connectivity index (χ1v) is 23.2. The van der Waals surface area contributed by atoms with Crippen molar-refractivity contribution in [2.45, 2.75) is 74.6 Å². The number of rotatable bonds is 5. The summed E-state index contributed by atoms with van der Waals surface area (Å²) in [4.78, 5) is 50.6. The molecule has 7 aliphatic heterocycles. The van der Waals surface area contributed by atoms with Crippen LogP contribution < -0.4 is 33.7 Å². The maximum absolute atomic E-state index is 15.2. The Morgan fingerprint density at radius 1 is 0.970 bits per heavy atom. The van der Waals surface area contributed by atoms with E-state index in [0.717, 1.165) is 27.5 Å². The molecule has 0 amide bonds. The van der Waals surface area contributed by atoms with Crippen LogP contribution in [0.15, 0.2) is 54.7 Å². The second kappa shape index (κ2) is 16.0. The molecule has 5 aromatic rings. The molecular weight excluding hydrogens is 879 g/mol. The molecule has 2 fully saturated rings. The van der Waals surface area contributed by atoms with E-state index in [9.17, 15) is 20.0 Å². The van der Waals surface area contributed by atoms with E-state index in [-0.39, 0.29) is 48.1 Å². The van der Waals surface area contributed by atoms with E-state index < -0.39 is 52.9 Å². The second-order valence-corrected chi connectivity index (χ2v) is 19.0. The lowest BCUT2D eigenvalue weighted by Crippen LogP contribution is -2.69. The van der Waals surface area contributed by atoms with Crippen LogP contribution in [0.25, 0.3) is 10.8 Å². The van der Waals surface area contributed by atoms with Crippen molar-refractivity contribution in [2.24, 2.45) is 0 Å². The number of esters is 3. The lowest BCUT2D eigenvalue weighted by Gasteiger charge is -2.62. The third-order valence-corrected chi connectivity index (χ3v) is 15.9. The van der Waals surface area contributed by atoms with E-state index in [1.54, 1.807) is 24.4 Å². The average molecular weight is 926 g/mol. The van der Waals surface area contributed by atoms with Gasteiger partial charge in [-0.25, -0.2) is 14.6 Å². The zero-order valence-electron chi connectivity index (χ0n) is 37.6. The molecule has 67 heavy (non-hydrogen) atoms. The van der Waals surface area contributed by atoms with Gasteiger partial charge in [-0.2, -0.15) is 5.26 Å². The normalized spacial score (nSPS) is 25.8. The van der Waals surface area contributed by atoms with Gasteiger partial charge in [-0.1, -0.05) is 30.3 Å². The first-order chi connectivity index (χ1) is 32.4. The summed E-state index contributed by atoms with van der Waals surface area (Å²) in [5.74, 6) is 0.264. The summed E-state index contributed by atoms with van der Waals surface area (Å²) < 4.78 is 42.8. The summed E-state index contributed by atoms with van der Waals surface area (Å²) in [6, 6.07) is 14.5. The van der Waals surface area contributed by atoms with E-state index >= 15 is 4.79 Å². The Kier molecular flexibility index (Phi) is 10.3. The number of nitrogens with zero attached hydrogens (tertiary/aromatic N) is 4. The number of aromatic nitrogens is 1. The zero-order valence-corrected chi connectivity index (χ0v) is 38.4. The number of pyridine rings is 1. The Hall–Kier alpha value is -6.58. The number of carbonyl (C=O) groups is 3. The highest BCUT2D eigenvalue weighted by Crippen LogP contribution is 2.64. The Morgan fingerprint density at radius 3 is 2.52 bits per heavy atom. The Bertz CT molecular complexity index is 3010. The summed E-state index contributed by atoms with van der Waals surface area (Å²) in [7, 11) is 4.98. The van der Waals surface area contributed by atoms with Gasteiger partial charge in [0.15, 0.2) is 40.0 Å². The van der Waals surface area contributed by atoms with Gasteiger partial charge in [0.2, 0.25) is 6.79 Å². The molecule has 16 nitrogen and oxygen atoms in total. The highest BCUT2D eigenvalue weighted by atomic mass is 32.2. The minimum atomic E-state index is -1.46. The molecule has 1 aromatic heterocycles. The fourth-order valence-electron chi connectivity index (χ4n) is 11.6. The molecule has 4 aromatic carbocycles. The number of ether oxygens (including phenoxy) is 7. The average Bonchev–Trinajstić information content (AvgIpc) is 3.81. The smallest absolute Gasteiger partial charge is 0.362 e. The van der Waals surface area contributed by atoms with E-state index in [2.05, 4.69) is 26.2 Å². The fraction of sp³-hybridized carbons (Fsp3) is 0.380. The molecule has 7 atom stereocenters. The minimum Gasteiger partial charge on any atom is -0.504 e. The van der Waals surface area contributed by atoms with Crippen molar-refractivity contribution in [2.75, 3.05) is 47.0 Å². The lowest BCUT2D eigenvalue weighted by atomic mass is 9.71. The van der Waals surface area contributed by atoms with Gasteiger partial charge >= 0.3 is 17.9 Å². The van der Waals surface area contributed by atoms with Crippen molar-refractivity contribution in [1.29, 1.82) is 5.26 Å². The summed E-state index contributed by atoms with van der Waals surface area (Å²) in [5, 5.41) is 28.1. The molecular formula is C50H47N5O11S. The van der Waals surface area contributed by atoms with Gasteiger partial charge in [0, 0.05) is 65.1 Å². The molecule has 2 saturated heterocycles. The van der Waals surface area contributed by atoms with Gasteiger partial charge in [0.05, 0.1) is 37.6 Å². The van der Waals surface area contributed by atoms with Gasteiger partial charge in [-0.3, -0.25) is 19.9 Å². The molecule has 0 saturated carbocycles. The van der Waals surface area contributed by atoms with Gasteiger partial charge in [0.1, 0.15) is 24.1 Å². The van der Waals surface area contributed by atoms with Gasteiger partial charge < -0.3 is 38.3 Å². The molecule has 17 heteroatoms. The number of benzene rings is 4. The summed E-state index contributed by atoms with van der Waals surface area (Å²) >= 11 is 1.46. The number of piperazine rings is 1. The number of hydrogen-bond acceptors (Lipinski definition) is 17. The van der Waals surface area contributed by atoms with Gasteiger partial charge in [0.25, 0.3) is 0 Å². The van der Waals surface area contributed by atoms with Crippen molar-refractivity contribution in [3.63, 3.8) is 0 Å². The summed E-state index contributed by atoms with van der Waals surface area (Å²) in [6.45, 7) is 5.12. The molecule has 0 radical (unpaired) electrons. The molecule has 7 aliphatic rings. The Balaban J connectivity index is 1.08. The summed E-state index contributed by atoms with van der Waals surface area (Å²) in [6.07, 6.45) is 2.57. The number of aryl methyl sites for hydroxylation is 1. The first-order valence-electron chi connectivity index (χ1n) is 22.1. The number of methoxy groups -OCH3 is 2. The van der Waals surface area contributed by atoms with Crippen molar-refractivity contribution >= 4 is 40.4 Å². The highest BCUT2D eigenvalue weighted by Gasteiger charge is 2.62. The van der Waals surface area contributed by atoms with Gasteiger partial charge in [-0.15, -0.1) is 11.8 Å². The second-order valence-electron chi connectivity index (χ2n) is 17.9. The predicted octanol–water partition coefficient (Wildman–Crippen LogP) is 6.05. The molecule has 8 heterocycles. The number of phenols is 1. The number of likely N-dealkylation sites (N-methyl/N-ethyl adjacent to an activating group) is 1. The number of aromatic hydroxyl groups is 1. The quantitative estimate of drug-likeness (QED) is 0.153. The van der Waals surface area contributed by atoms with Crippen LogP contribution in [0, 0.1) is 25.2 Å². The number of carbonyl (C=O) groups excluding carboxylic acids is 3. The number of nitriles is 1. The predicted molar refractivity (Wildman–Crippen MR) is 243 cm³/mol. The SMILES string of the molecule is COc1cc2c(cc1OC(=O)c1cc3ccccc3cn1)CCN[C@]21CS[C@@H]2c3c(OC(C)=O)c(C)c4c(c3[C@H](COC1=O)N1[C@@H]2[C@H]2c3c(cc(C)c(OC)c3O)C[C@@H]([C@@H]1C#N)N2C)OCO4. The fourth-order valence-corrected chi connectivity index (χ4v) is 13.3. The molecule has 344 valence electrons. The van der Waals surface area contributed by atoms with E-state index in [1.165, 1.54) is 32.9 Å². The standard InChI is InChI=1S/C50H47N5O11S/c1-23-13-29-15-32-33(18-51)55-34-20-62-49(59)50(30-17-35(60-5)36(16-27(30)11-12-53-50)66-48(58)31-14-26-9-7-8-10-28(26)19-52-31)21-67-47(41(55)40(54(32)4)37(29)42(57)43(23)61-6)39-38(34)46-45(63-22-64-46)24(2)44(39)65-25(3)56/h7-10,13-14,16-17,19,32-34,40-41,47,53,57H,11-12,15,20-22H2,1-6H3/t32-,33-,34-,40+,41+,47+,50+/m0/s1. The Morgan fingerprint density at radius 2 is 1.76 bits per heavy atom. The van der Waals surface area contributed by atoms with Crippen molar-refractivity contribution in [3.8, 4) is 46.3 Å². The van der Waals surface area contributed by atoms with Gasteiger partial charge in [-0.05, 0) is 79.6 Å². The molecule has 1 spiro atoms. The summed E-state index contributed by atoms with van der Waals surface area (Å²) in [5.41, 5.74) is 4.20. The van der Waals surface area contributed by atoms with Crippen molar-refractivity contribution < 1.29 is 52.6 Å². The third kappa shape index (κ3) is 6.37. The van der Waals surface area contributed by atoms with Crippen LogP contribution in [0.4, 0.5) is 0 Å².